The lowest BCUT2D eigenvalue weighted by Gasteiger charge is -1.89. The molecule has 2 rings (SSSR count). The van der Waals surface area contributed by atoms with Gasteiger partial charge in [0.2, 0.25) is 0 Å². The molecule has 6 nitrogen and oxygen atoms in total. The minimum Gasteiger partial charge on any atom is -0.399 e. The number of nitrogens with two attached hydrogens (primary N) is 1. The van der Waals surface area contributed by atoms with E-state index in [9.17, 15) is 0 Å². The second-order valence-electron chi connectivity index (χ2n) is 3.59. The molecule has 2 aromatic carbocycles. The van der Waals surface area contributed by atoms with Crippen molar-refractivity contribution < 1.29 is 0 Å². The van der Waals surface area contributed by atoms with E-state index in [1.54, 1.807) is 42.5 Å². The van der Waals surface area contributed by atoms with Gasteiger partial charge in [0.15, 0.2) is 0 Å². The molecule has 0 aliphatic rings. The highest BCUT2D eigenvalue weighted by Gasteiger charge is 1.89. The molecule has 0 bridgehead atoms. The van der Waals surface area contributed by atoms with Crippen molar-refractivity contribution in [3.63, 3.8) is 0 Å². The molecule has 0 unspecified atom stereocenters. The van der Waals surface area contributed by atoms with Crippen molar-refractivity contribution in [2.75, 3.05) is 5.73 Å². The van der Waals surface area contributed by atoms with Gasteiger partial charge in [-0.25, -0.2) is 0 Å². The van der Waals surface area contributed by atoms with E-state index >= 15 is 0 Å². The summed E-state index contributed by atoms with van der Waals surface area (Å²) in [6, 6.07) is 17.3. The predicted octanol–water partition coefficient (Wildman–Crippen LogP) is 3.64. The maximum absolute atomic E-state index is 8.45. The first-order valence-electron chi connectivity index (χ1n) is 5.50. The molecule has 0 heterocycles. The van der Waals surface area contributed by atoms with Crippen LogP contribution in [0.3, 0.4) is 0 Å². The van der Waals surface area contributed by atoms with Crippen molar-refractivity contribution in [2.24, 2.45) is 5.11 Å². The number of nitriles is 2. The highest BCUT2D eigenvalue weighted by Crippen LogP contribution is 2.12. The third kappa shape index (κ3) is 4.80. The summed E-state index contributed by atoms with van der Waals surface area (Å²) in [6.45, 7) is 0. The molecule has 20 heavy (non-hydrogen) atoms. The van der Waals surface area contributed by atoms with Gasteiger partial charge in [0.05, 0.1) is 23.3 Å². The lowest BCUT2D eigenvalue weighted by molar-refractivity contribution is 1.44. The van der Waals surface area contributed by atoms with Crippen LogP contribution in [0.25, 0.3) is 10.4 Å². The van der Waals surface area contributed by atoms with Crippen LogP contribution < -0.4 is 5.73 Å². The molecule has 0 amide bonds. The average molecular weight is 262 g/mol. The number of nitrogen functional groups attached to an aromatic ring is 1. The Bertz CT molecular complexity index is 717. The number of benzene rings is 2. The summed E-state index contributed by atoms with van der Waals surface area (Å²) < 4.78 is 0. The minimum absolute atomic E-state index is 0.464. The molecule has 0 saturated heterocycles. The van der Waals surface area contributed by atoms with Crippen LogP contribution in [0.2, 0.25) is 0 Å². The lowest BCUT2D eigenvalue weighted by atomic mass is 10.2. The Balaban J connectivity index is 0.000000204. The van der Waals surface area contributed by atoms with Gasteiger partial charge in [-0.1, -0.05) is 23.3 Å². The average Bonchev–Trinajstić information content (AvgIpc) is 2.48. The van der Waals surface area contributed by atoms with E-state index in [4.69, 9.17) is 21.8 Å². The summed E-state index contributed by atoms with van der Waals surface area (Å²) in [7, 11) is 0. The molecule has 0 fully saturated rings. The van der Waals surface area contributed by atoms with E-state index in [1.807, 2.05) is 12.1 Å². The first kappa shape index (κ1) is 14.6. The molecule has 6 heteroatoms. The van der Waals surface area contributed by atoms with Crippen molar-refractivity contribution >= 4 is 11.4 Å². The fourth-order valence-corrected chi connectivity index (χ4v) is 1.30. The number of azide groups is 1. The van der Waals surface area contributed by atoms with Crippen LogP contribution in [0.1, 0.15) is 11.1 Å². The Hall–Kier alpha value is -3.47. The fourth-order valence-electron chi connectivity index (χ4n) is 1.30. The molecule has 0 atom stereocenters. The first-order valence-corrected chi connectivity index (χ1v) is 5.50. The largest absolute Gasteiger partial charge is 0.399 e. The quantitative estimate of drug-likeness (QED) is 0.365. The second-order valence-corrected chi connectivity index (χ2v) is 3.59. The molecule has 0 saturated carbocycles. The summed E-state index contributed by atoms with van der Waals surface area (Å²) in [5, 5.41) is 20.1. The zero-order valence-electron chi connectivity index (χ0n) is 10.4. The third-order valence-corrected chi connectivity index (χ3v) is 2.15. The van der Waals surface area contributed by atoms with Crippen molar-refractivity contribution in [3.8, 4) is 12.1 Å². The highest BCUT2D eigenvalue weighted by atomic mass is 15.1. The van der Waals surface area contributed by atoms with Crippen LogP contribution in [0.15, 0.2) is 53.6 Å². The highest BCUT2D eigenvalue weighted by molar-refractivity contribution is 5.45. The molecular weight excluding hydrogens is 252 g/mol. The molecular formula is C14H10N6. The summed E-state index contributed by atoms with van der Waals surface area (Å²) in [5.41, 5.74) is 15.6. The van der Waals surface area contributed by atoms with E-state index in [2.05, 4.69) is 10.0 Å². The van der Waals surface area contributed by atoms with Crippen LogP contribution in [-0.4, -0.2) is 0 Å². The topological polar surface area (TPSA) is 122 Å². The van der Waals surface area contributed by atoms with E-state index in [-0.39, 0.29) is 0 Å². The number of rotatable bonds is 1. The van der Waals surface area contributed by atoms with Gasteiger partial charge >= 0.3 is 0 Å². The zero-order chi connectivity index (χ0) is 14.8. The molecule has 96 valence electrons. The second kappa shape index (κ2) is 7.78. The monoisotopic (exact) mass is 262 g/mol. The lowest BCUT2D eigenvalue weighted by Crippen LogP contribution is -1.83. The standard InChI is InChI=1S/C7H4N4.C7H6N2/c8-5-6-2-1-3-7(4-6)10-11-9;8-5-6-2-1-3-7(9)4-6/h1-4H;1-4H,9H2. The van der Waals surface area contributed by atoms with Crippen molar-refractivity contribution in [2.45, 2.75) is 0 Å². The Morgan fingerprint density at radius 2 is 1.60 bits per heavy atom. The van der Waals surface area contributed by atoms with Gasteiger partial charge < -0.3 is 5.73 Å². The van der Waals surface area contributed by atoms with E-state index < -0.39 is 0 Å². The number of anilines is 1. The summed E-state index contributed by atoms with van der Waals surface area (Å²) in [4.78, 5) is 2.60. The minimum atomic E-state index is 0.464. The maximum Gasteiger partial charge on any atom is 0.0992 e. The fraction of sp³-hybridized carbons (Fsp3) is 0. The van der Waals surface area contributed by atoms with Gasteiger partial charge in [0, 0.05) is 16.3 Å². The summed E-state index contributed by atoms with van der Waals surface area (Å²) >= 11 is 0. The van der Waals surface area contributed by atoms with Crippen LogP contribution in [0.5, 0.6) is 0 Å². The molecule has 2 N–H and O–H groups in total. The van der Waals surface area contributed by atoms with Gasteiger partial charge in [-0.2, -0.15) is 10.5 Å². The van der Waals surface area contributed by atoms with Crippen LogP contribution >= 0.6 is 0 Å². The Labute approximate surface area is 115 Å². The van der Waals surface area contributed by atoms with E-state index in [0.29, 0.717) is 22.5 Å². The van der Waals surface area contributed by atoms with Gasteiger partial charge in [-0.3, -0.25) is 0 Å². The number of nitrogens with zero attached hydrogens (tertiary/aromatic N) is 5. The molecule has 0 radical (unpaired) electrons. The van der Waals surface area contributed by atoms with Gasteiger partial charge in [-0.15, -0.1) is 0 Å². The van der Waals surface area contributed by atoms with Crippen molar-refractivity contribution in [1.29, 1.82) is 10.5 Å². The van der Waals surface area contributed by atoms with Crippen molar-refractivity contribution in [3.05, 3.63) is 70.1 Å². The summed E-state index contributed by atoms with van der Waals surface area (Å²) in [5.74, 6) is 0. The van der Waals surface area contributed by atoms with Gasteiger partial charge in [-0.05, 0) is 35.9 Å². The molecule has 0 aliphatic heterocycles. The normalized spacial score (nSPS) is 8.10. The summed E-state index contributed by atoms with van der Waals surface area (Å²) in [6.07, 6.45) is 0. The third-order valence-electron chi connectivity index (χ3n) is 2.15. The van der Waals surface area contributed by atoms with Gasteiger partial charge in [0.1, 0.15) is 0 Å². The smallest absolute Gasteiger partial charge is 0.0992 e. The molecule has 0 spiro atoms. The van der Waals surface area contributed by atoms with Crippen LogP contribution in [0.4, 0.5) is 11.4 Å². The van der Waals surface area contributed by atoms with Crippen LogP contribution in [0, 0.1) is 22.7 Å². The van der Waals surface area contributed by atoms with E-state index in [1.165, 1.54) is 6.07 Å². The predicted molar refractivity (Wildman–Crippen MR) is 75.5 cm³/mol. The Morgan fingerprint density at radius 1 is 1.00 bits per heavy atom. The molecule has 0 aliphatic carbocycles. The molecule has 0 aromatic heterocycles. The maximum atomic E-state index is 8.45. The van der Waals surface area contributed by atoms with Crippen LogP contribution in [-0.2, 0) is 0 Å². The Kier molecular flexibility index (Phi) is 5.67. The van der Waals surface area contributed by atoms with Gasteiger partial charge in [0.25, 0.3) is 0 Å². The molecule has 2 aromatic rings. The Morgan fingerprint density at radius 3 is 2.10 bits per heavy atom. The SMILES string of the molecule is N#Cc1cccc(N)c1.N#Cc1cccc(N=[N+]=[N-])c1. The van der Waals surface area contributed by atoms with Crippen molar-refractivity contribution in [1.82, 2.24) is 0 Å². The first-order chi connectivity index (χ1) is 9.69. The van der Waals surface area contributed by atoms with E-state index in [0.717, 1.165) is 0 Å². The zero-order valence-corrected chi connectivity index (χ0v) is 10.4. The number of hydrogen-bond donors (Lipinski definition) is 1. The number of hydrogen-bond acceptors (Lipinski definition) is 4.